The standard InChI is InChI=1S/C13H24N2O2/c1-10(2)9-17-7-3-6-15-13(16)11-4-5-12(14)8-11/h4-5,10-12H,3,6-9,14H2,1-2H3,(H,15,16). The molecule has 2 atom stereocenters. The van der Waals surface area contributed by atoms with E-state index in [4.69, 9.17) is 10.5 Å². The molecule has 0 aromatic heterocycles. The third-order valence-corrected chi connectivity index (χ3v) is 2.67. The largest absolute Gasteiger partial charge is 0.381 e. The monoisotopic (exact) mass is 240 g/mol. The van der Waals surface area contributed by atoms with Gasteiger partial charge in [-0.1, -0.05) is 26.0 Å². The summed E-state index contributed by atoms with van der Waals surface area (Å²) in [5.74, 6) is 0.606. The van der Waals surface area contributed by atoms with E-state index in [9.17, 15) is 4.79 Å². The predicted molar refractivity (Wildman–Crippen MR) is 68.5 cm³/mol. The van der Waals surface area contributed by atoms with Crippen LogP contribution in [0.4, 0.5) is 0 Å². The number of carbonyl (C=O) groups is 1. The van der Waals surface area contributed by atoms with Gasteiger partial charge in [0, 0.05) is 25.8 Å². The molecule has 0 bridgehead atoms. The van der Waals surface area contributed by atoms with Gasteiger partial charge in [0.2, 0.25) is 5.91 Å². The molecule has 0 saturated heterocycles. The van der Waals surface area contributed by atoms with E-state index in [1.165, 1.54) is 0 Å². The zero-order valence-corrected chi connectivity index (χ0v) is 10.8. The van der Waals surface area contributed by atoms with E-state index in [1.54, 1.807) is 0 Å². The van der Waals surface area contributed by atoms with Crippen molar-refractivity contribution in [3.63, 3.8) is 0 Å². The summed E-state index contributed by atoms with van der Waals surface area (Å²) in [7, 11) is 0. The summed E-state index contributed by atoms with van der Waals surface area (Å²) >= 11 is 0. The number of carbonyl (C=O) groups excluding carboxylic acids is 1. The highest BCUT2D eigenvalue weighted by atomic mass is 16.5. The molecule has 0 saturated carbocycles. The minimum absolute atomic E-state index is 0.0402. The zero-order chi connectivity index (χ0) is 12.7. The van der Waals surface area contributed by atoms with Crippen LogP contribution in [0.1, 0.15) is 26.7 Å². The van der Waals surface area contributed by atoms with Crippen molar-refractivity contribution < 1.29 is 9.53 Å². The number of hydrogen-bond acceptors (Lipinski definition) is 3. The topological polar surface area (TPSA) is 64.3 Å². The van der Waals surface area contributed by atoms with Crippen molar-refractivity contribution in [2.24, 2.45) is 17.6 Å². The van der Waals surface area contributed by atoms with Gasteiger partial charge in [0.25, 0.3) is 0 Å². The molecule has 1 aliphatic rings. The average molecular weight is 240 g/mol. The van der Waals surface area contributed by atoms with Gasteiger partial charge in [-0.2, -0.15) is 0 Å². The van der Waals surface area contributed by atoms with Gasteiger partial charge < -0.3 is 15.8 Å². The van der Waals surface area contributed by atoms with Crippen LogP contribution in [-0.2, 0) is 9.53 Å². The third-order valence-electron chi connectivity index (χ3n) is 2.67. The quantitative estimate of drug-likeness (QED) is 0.517. The third kappa shape index (κ3) is 5.84. The number of hydrogen-bond donors (Lipinski definition) is 2. The van der Waals surface area contributed by atoms with Crippen molar-refractivity contribution in [2.45, 2.75) is 32.7 Å². The first-order chi connectivity index (χ1) is 8.09. The molecule has 98 valence electrons. The highest BCUT2D eigenvalue weighted by molar-refractivity contribution is 5.81. The van der Waals surface area contributed by atoms with Crippen LogP contribution < -0.4 is 11.1 Å². The molecule has 0 aromatic rings. The molecular formula is C13H24N2O2. The summed E-state index contributed by atoms with van der Waals surface area (Å²) in [5.41, 5.74) is 5.70. The van der Waals surface area contributed by atoms with Gasteiger partial charge in [0.15, 0.2) is 0 Å². The van der Waals surface area contributed by atoms with Crippen LogP contribution in [0.2, 0.25) is 0 Å². The Morgan fingerprint density at radius 1 is 1.53 bits per heavy atom. The second-order valence-corrected chi connectivity index (χ2v) is 5.00. The predicted octanol–water partition coefficient (Wildman–Crippen LogP) is 1.07. The van der Waals surface area contributed by atoms with Crippen molar-refractivity contribution in [1.82, 2.24) is 5.32 Å². The Balaban J connectivity index is 1.99. The highest BCUT2D eigenvalue weighted by Gasteiger charge is 2.21. The fraction of sp³-hybridized carbons (Fsp3) is 0.769. The van der Waals surface area contributed by atoms with E-state index in [0.29, 0.717) is 19.1 Å². The van der Waals surface area contributed by atoms with Crippen LogP contribution in [0.15, 0.2) is 12.2 Å². The van der Waals surface area contributed by atoms with Gasteiger partial charge in [-0.3, -0.25) is 4.79 Å². The Bertz CT molecular complexity index is 264. The summed E-state index contributed by atoms with van der Waals surface area (Å²) in [6, 6.07) is 0.0418. The minimum Gasteiger partial charge on any atom is -0.381 e. The molecule has 0 radical (unpaired) electrons. The lowest BCUT2D eigenvalue weighted by Crippen LogP contribution is -2.31. The first-order valence-corrected chi connectivity index (χ1v) is 6.39. The van der Waals surface area contributed by atoms with Crippen LogP contribution >= 0.6 is 0 Å². The molecule has 2 unspecified atom stereocenters. The first kappa shape index (κ1) is 14.2. The Morgan fingerprint density at radius 3 is 2.88 bits per heavy atom. The summed E-state index contributed by atoms with van der Waals surface area (Å²) in [4.78, 5) is 11.7. The molecule has 4 heteroatoms. The Hall–Kier alpha value is -0.870. The second-order valence-electron chi connectivity index (χ2n) is 5.00. The average Bonchev–Trinajstić information content (AvgIpc) is 2.69. The molecule has 3 N–H and O–H groups in total. The van der Waals surface area contributed by atoms with Crippen LogP contribution in [0.25, 0.3) is 0 Å². The van der Waals surface area contributed by atoms with Gasteiger partial charge in [-0.05, 0) is 18.8 Å². The van der Waals surface area contributed by atoms with Crippen molar-refractivity contribution in [1.29, 1.82) is 0 Å². The second kappa shape index (κ2) is 7.45. The van der Waals surface area contributed by atoms with Gasteiger partial charge in [-0.25, -0.2) is 0 Å². The molecule has 1 amide bonds. The molecule has 1 aliphatic carbocycles. The van der Waals surface area contributed by atoms with Gasteiger partial charge in [0.05, 0.1) is 5.92 Å². The molecule has 0 fully saturated rings. The van der Waals surface area contributed by atoms with Crippen molar-refractivity contribution in [3.05, 3.63) is 12.2 Å². The summed E-state index contributed by atoms with van der Waals surface area (Å²) in [5, 5.41) is 2.91. The molecule has 0 aliphatic heterocycles. The summed E-state index contributed by atoms with van der Waals surface area (Å²) < 4.78 is 5.43. The molecule has 4 nitrogen and oxygen atoms in total. The number of amides is 1. The first-order valence-electron chi connectivity index (χ1n) is 6.39. The molecular weight excluding hydrogens is 216 g/mol. The lowest BCUT2D eigenvalue weighted by molar-refractivity contribution is -0.123. The van der Waals surface area contributed by atoms with Crippen LogP contribution in [0.3, 0.4) is 0 Å². The van der Waals surface area contributed by atoms with Crippen molar-refractivity contribution >= 4 is 5.91 Å². The lowest BCUT2D eigenvalue weighted by Gasteiger charge is -2.11. The van der Waals surface area contributed by atoms with E-state index < -0.39 is 0 Å². The number of nitrogens with two attached hydrogens (primary N) is 1. The molecule has 0 aromatic carbocycles. The van der Waals surface area contributed by atoms with Gasteiger partial charge in [0.1, 0.15) is 0 Å². The van der Waals surface area contributed by atoms with Crippen LogP contribution in [-0.4, -0.2) is 31.7 Å². The molecule has 0 heterocycles. The molecule has 1 rings (SSSR count). The van der Waals surface area contributed by atoms with Crippen LogP contribution in [0.5, 0.6) is 0 Å². The fourth-order valence-corrected chi connectivity index (χ4v) is 1.76. The number of ether oxygens (including phenoxy) is 1. The van der Waals surface area contributed by atoms with E-state index in [2.05, 4.69) is 19.2 Å². The normalized spacial score (nSPS) is 23.3. The lowest BCUT2D eigenvalue weighted by atomic mass is 10.1. The summed E-state index contributed by atoms with van der Waals surface area (Å²) in [6.07, 6.45) is 5.39. The summed E-state index contributed by atoms with van der Waals surface area (Å²) in [6.45, 7) is 6.41. The van der Waals surface area contributed by atoms with Crippen molar-refractivity contribution in [2.75, 3.05) is 19.8 Å². The minimum atomic E-state index is -0.0402. The maximum atomic E-state index is 11.7. The Labute approximate surface area is 104 Å². The van der Waals surface area contributed by atoms with Gasteiger partial charge in [-0.15, -0.1) is 0 Å². The number of rotatable bonds is 7. The smallest absolute Gasteiger partial charge is 0.226 e. The highest BCUT2D eigenvalue weighted by Crippen LogP contribution is 2.15. The van der Waals surface area contributed by atoms with Crippen molar-refractivity contribution in [3.8, 4) is 0 Å². The van der Waals surface area contributed by atoms with Crippen LogP contribution in [0, 0.1) is 11.8 Å². The molecule has 0 spiro atoms. The maximum absolute atomic E-state index is 11.7. The van der Waals surface area contributed by atoms with Gasteiger partial charge >= 0.3 is 0 Å². The van der Waals surface area contributed by atoms with E-state index in [1.807, 2.05) is 12.2 Å². The van der Waals surface area contributed by atoms with E-state index >= 15 is 0 Å². The SMILES string of the molecule is CC(C)COCCCNC(=O)C1C=CC(N)C1. The zero-order valence-electron chi connectivity index (χ0n) is 10.8. The molecule has 17 heavy (non-hydrogen) atoms. The fourth-order valence-electron chi connectivity index (χ4n) is 1.76. The Kier molecular flexibility index (Phi) is 6.22. The Morgan fingerprint density at radius 2 is 2.29 bits per heavy atom. The number of nitrogens with one attached hydrogen (secondary N) is 1. The maximum Gasteiger partial charge on any atom is 0.226 e. The van der Waals surface area contributed by atoms with E-state index in [-0.39, 0.29) is 17.9 Å². The van der Waals surface area contributed by atoms with E-state index in [0.717, 1.165) is 19.4 Å².